The van der Waals surface area contributed by atoms with Crippen molar-refractivity contribution in [1.29, 1.82) is 0 Å². The van der Waals surface area contributed by atoms with Gasteiger partial charge in [0.05, 0.1) is 25.5 Å². The Labute approximate surface area is 185 Å². The number of ether oxygens (including phenoxy) is 4. The van der Waals surface area contributed by atoms with E-state index in [0.717, 1.165) is 17.5 Å². The molecular weight excluding hydrogens is 420 g/mol. The molecular formula is C22H23ClN4O4. The summed E-state index contributed by atoms with van der Waals surface area (Å²) in [4.78, 5) is 0. The highest BCUT2D eigenvalue weighted by atomic mass is 35.5. The molecule has 3 rings (SSSR count). The van der Waals surface area contributed by atoms with Gasteiger partial charge in [-0.1, -0.05) is 23.7 Å². The van der Waals surface area contributed by atoms with Gasteiger partial charge in [0.25, 0.3) is 0 Å². The minimum atomic E-state index is 0.266. The van der Waals surface area contributed by atoms with E-state index in [1.165, 1.54) is 17.3 Å². The Morgan fingerprint density at radius 1 is 1.00 bits per heavy atom. The van der Waals surface area contributed by atoms with Gasteiger partial charge >= 0.3 is 0 Å². The first-order valence-electron chi connectivity index (χ1n) is 9.44. The van der Waals surface area contributed by atoms with Crippen molar-refractivity contribution in [1.82, 2.24) is 14.9 Å². The van der Waals surface area contributed by atoms with Gasteiger partial charge in [-0.15, -0.1) is 16.8 Å². The van der Waals surface area contributed by atoms with E-state index in [-0.39, 0.29) is 6.61 Å². The second-order valence-electron chi connectivity index (χ2n) is 6.30. The lowest BCUT2D eigenvalue weighted by molar-refractivity contribution is 0.206. The number of halogens is 1. The largest absolute Gasteiger partial charge is 0.493 e. The molecule has 0 fully saturated rings. The molecule has 0 atom stereocenters. The summed E-state index contributed by atoms with van der Waals surface area (Å²) in [7, 11) is 3.15. The van der Waals surface area contributed by atoms with Crippen LogP contribution >= 0.6 is 11.6 Å². The van der Waals surface area contributed by atoms with Crippen LogP contribution in [0.25, 0.3) is 0 Å². The van der Waals surface area contributed by atoms with Crippen LogP contribution in [0.1, 0.15) is 11.1 Å². The van der Waals surface area contributed by atoms with E-state index in [4.69, 9.17) is 30.5 Å². The average Bonchev–Trinajstić information content (AvgIpc) is 3.30. The average molecular weight is 443 g/mol. The summed E-state index contributed by atoms with van der Waals surface area (Å²) in [5, 5.41) is 12.0. The van der Waals surface area contributed by atoms with Crippen molar-refractivity contribution in [2.24, 2.45) is 5.10 Å². The van der Waals surface area contributed by atoms with Crippen LogP contribution in [0.5, 0.6) is 23.0 Å². The molecule has 2 aromatic carbocycles. The van der Waals surface area contributed by atoms with Gasteiger partial charge < -0.3 is 18.9 Å². The zero-order chi connectivity index (χ0) is 22.1. The monoisotopic (exact) mass is 442 g/mol. The molecule has 0 aliphatic heterocycles. The molecule has 0 saturated carbocycles. The standard InChI is InChI=1S/C22H23ClN4O4/c1-4-5-16-6-7-19(20(11-16)28-2)30-8-9-31-22-18(23)10-17(12-21(22)29-3)13-26-27-14-24-25-15-27/h4,6-7,10-15H,1,5,8-9H2,2-3H3. The third-order valence-electron chi connectivity index (χ3n) is 4.19. The molecule has 8 nitrogen and oxygen atoms in total. The van der Waals surface area contributed by atoms with E-state index in [2.05, 4.69) is 21.9 Å². The maximum absolute atomic E-state index is 6.40. The molecule has 0 N–H and O–H groups in total. The second kappa shape index (κ2) is 11.0. The van der Waals surface area contributed by atoms with Crippen molar-refractivity contribution in [3.63, 3.8) is 0 Å². The Hall–Kier alpha value is -3.52. The van der Waals surface area contributed by atoms with Crippen molar-refractivity contribution >= 4 is 17.8 Å². The summed E-state index contributed by atoms with van der Waals surface area (Å²) in [5.74, 6) is 2.22. The summed E-state index contributed by atoms with van der Waals surface area (Å²) in [6.45, 7) is 4.31. The molecule has 1 heterocycles. The molecule has 0 amide bonds. The Kier molecular flexibility index (Phi) is 7.89. The highest BCUT2D eigenvalue weighted by Gasteiger charge is 2.12. The minimum absolute atomic E-state index is 0.266. The predicted molar refractivity (Wildman–Crippen MR) is 119 cm³/mol. The topological polar surface area (TPSA) is 80.0 Å². The quantitative estimate of drug-likeness (QED) is 0.253. The van der Waals surface area contributed by atoms with Gasteiger partial charge in [0.1, 0.15) is 25.9 Å². The summed E-state index contributed by atoms with van der Waals surface area (Å²) in [6.07, 6.45) is 7.18. The normalized spacial score (nSPS) is 10.8. The Morgan fingerprint density at radius 3 is 2.45 bits per heavy atom. The molecule has 9 heteroatoms. The summed E-state index contributed by atoms with van der Waals surface area (Å²) in [6, 6.07) is 9.28. The number of hydrogen-bond acceptors (Lipinski definition) is 7. The number of hydrogen-bond donors (Lipinski definition) is 0. The molecule has 0 saturated heterocycles. The van der Waals surface area contributed by atoms with Crippen LogP contribution in [0.15, 0.2) is 60.7 Å². The van der Waals surface area contributed by atoms with E-state index in [9.17, 15) is 0 Å². The fourth-order valence-corrected chi connectivity index (χ4v) is 3.04. The van der Waals surface area contributed by atoms with Crippen LogP contribution in [0.4, 0.5) is 0 Å². The number of methoxy groups -OCH3 is 2. The van der Waals surface area contributed by atoms with Gasteiger partial charge in [-0.05, 0) is 41.8 Å². The van der Waals surface area contributed by atoms with Crippen molar-refractivity contribution < 1.29 is 18.9 Å². The van der Waals surface area contributed by atoms with Crippen molar-refractivity contribution in [3.8, 4) is 23.0 Å². The van der Waals surface area contributed by atoms with E-state index >= 15 is 0 Å². The number of aromatic nitrogens is 3. The Balaban J connectivity index is 1.62. The third-order valence-corrected chi connectivity index (χ3v) is 4.47. The number of benzene rings is 2. The smallest absolute Gasteiger partial charge is 0.179 e. The van der Waals surface area contributed by atoms with E-state index < -0.39 is 0 Å². The molecule has 0 radical (unpaired) electrons. The summed E-state index contributed by atoms with van der Waals surface area (Å²) in [5.41, 5.74) is 1.84. The highest BCUT2D eigenvalue weighted by molar-refractivity contribution is 6.32. The van der Waals surface area contributed by atoms with Crippen molar-refractivity contribution in [2.45, 2.75) is 6.42 Å². The Morgan fingerprint density at radius 2 is 1.74 bits per heavy atom. The second-order valence-corrected chi connectivity index (χ2v) is 6.70. The van der Waals surface area contributed by atoms with Gasteiger partial charge in [-0.3, -0.25) is 0 Å². The third kappa shape index (κ3) is 5.99. The van der Waals surface area contributed by atoms with E-state index in [0.29, 0.717) is 34.6 Å². The first kappa shape index (κ1) is 22.2. The molecule has 0 bridgehead atoms. The van der Waals surface area contributed by atoms with E-state index in [1.54, 1.807) is 32.6 Å². The maximum Gasteiger partial charge on any atom is 0.179 e. The SMILES string of the molecule is C=CCc1ccc(OCCOc2c(Cl)cc(C=Nn3cnnc3)cc2OC)c(OC)c1. The van der Waals surface area contributed by atoms with Crippen LogP contribution in [-0.2, 0) is 6.42 Å². The number of allylic oxidation sites excluding steroid dienone is 1. The fraction of sp³-hybridized carbons (Fsp3) is 0.227. The molecule has 0 aliphatic rings. The molecule has 31 heavy (non-hydrogen) atoms. The van der Waals surface area contributed by atoms with Crippen LogP contribution in [0.3, 0.4) is 0 Å². The molecule has 0 unspecified atom stereocenters. The zero-order valence-electron chi connectivity index (χ0n) is 17.3. The van der Waals surface area contributed by atoms with Gasteiger partial charge in [-0.2, -0.15) is 5.10 Å². The van der Waals surface area contributed by atoms with Crippen LogP contribution < -0.4 is 18.9 Å². The van der Waals surface area contributed by atoms with Crippen LogP contribution in [0, 0.1) is 0 Å². The lowest BCUT2D eigenvalue weighted by Crippen LogP contribution is -2.10. The zero-order valence-corrected chi connectivity index (χ0v) is 18.1. The molecule has 3 aromatic rings. The molecule has 0 aliphatic carbocycles. The fourth-order valence-electron chi connectivity index (χ4n) is 2.76. The molecule has 1 aromatic heterocycles. The predicted octanol–water partition coefficient (Wildman–Crippen LogP) is 4.02. The van der Waals surface area contributed by atoms with Gasteiger partial charge in [0, 0.05) is 0 Å². The number of nitrogens with zero attached hydrogens (tertiary/aromatic N) is 4. The van der Waals surface area contributed by atoms with E-state index in [1.807, 2.05) is 24.3 Å². The maximum atomic E-state index is 6.40. The number of rotatable bonds is 11. The van der Waals surface area contributed by atoms with Crippen LogP contribution in [-0.4, -0.2) is 48.5 Å². The highest BCUT2D eigenvalue weighted by Crippen LogP contribution is 2.36. The summed E-state index contributed by atoms with van der Waals surface area (Å²) < 4.78 is 23.9. The lowest BCUT2D eigenvalue weighted by atomic mass is 10.1. The molecule has 0 spiro atoms. The molecule has 162 valence electrons. The summed E-state index contributed by atoms with van der Waals surface area (Å²) >= 11 is 6.40. The van der Waals surface area contributed by atoms with Gasteiger partial charge in [-0.25, -0.2) is 4.68 Å². The minimum Gasteiger partial charge on any atom is -0.493 e. The van der Waals surface area contributed by atoms with Crippen molar-refractivity contribution in [2.75, 3.05) is 27.4 Å². The Bertz CT molecular complexity index is 1040. The van der Waals surface area contributed by atoms with Crippen molar-refractivity contribution in [3.05, 3.63) is 71.8 Å². The van der Waals surface area contributed by atoms with Crippen LogP contribution in [0.2, 0.25) is 5.02 Å². The first-order chi connectivity index (χ1) is 15.1. The van der Waals surface area contributed by atoms with Gasteiger partial charge in [0.15, 0.2) is 23.0 Å². The lowest BCUT2D eigenvalue weighted by Gasteiger charge is -2.15. The van der Waals surface area contributed by atoms with Gasteiger partial charge in [0.2, 0.25) is 0 Å². The first-order valence-corrected chi connectivity index (χ1v) is 9.82.